The lowest BCUT2D eigenvalue weighted by Gasteiger charge is -2.25. The van der Waals surface area contributed by atoms with Crippen LogP contribution in [0.25, 0.3) is 0 Å². The number of hydrogen-bond acceptors (Lipinski definition) is 7. The van der Waals surface area contributed by atoms with Gasteiger partial charge in [0.1, 0.15) is 23.0 Å². The number of benzene rings is 4. The van der Waals surface area contributed by atoms with Crippen LogP contribution in [0.2, 0.25) is 20.1 Å². The molecule has 0 aromatic heterocycles. The highest BCUT2D eigenvalue weighted by Gasteiger charge is 2.23. The fourth-order valence-electron chi connectivity index (χ4n) is 5.36. The molecule has 0 heterocycles. The summed E-state index contributed by atoms with van der Waals surface area (Å²) in [5, 5.41) is 7.58. The van der Waals surface area contributed by atoms with Crippen molar-refractivity contribution in [2.45, 2.75) is 58.5 Å². The van der Waals surface area contributed by atoms with Gasteiger partial charge in [-0.3, -0.25) is 9.59 Å². The lowest BCUT2D eigenvalue weighted by atomic mass is 10.1. The molecule has 0 fully saturated rings. The third kappa shape index (κ3) is 10.7. The Hall–Kier alpha value is -4.02. The summed E-state index contributed by atoms with van der Waals surface area (Å²) < 4.78 is 23.2. The van der Waals surface area contributed by atoms with Gasteiger partial charge in [0.05, 0.1) is 24.3 Å². The summed E-state index contributed by atoms with van der Waals surface area (Å²) in [4.78, 5) is 28.4. The molecule has 2 N–H and O–H groups in total. The second-order valence-corrected chi connectivity index (χ2v) is 13.3. The average Bonchev–Trinajstić information content (AvgIpc) is 3.12. The van der Waals surface area contributed by atoms with Crippen LogP contribution in [-0.2, 0) is 29.2 Å². The van der Waals surface area contributed by atoms with Gasteiger partial charge in [-0.05, 0) is 66.9 Å². The molecule has 0 spiro atoms. The number of hydrogen-bond donors (Lipinski definition) is 2. The van der Waals surface area contributed by atoms with E-state index in [0.29, 0.717) is 62.5 Å². The normalized spacial score (nSPS) is 12.0. The van der Waals surface area contributed by atoms with Gasteiger partial charge < -0.3 is 34.5 Å². The van der Waals surface area contributed by atoms with Crippen molar-refractivity contribution in [3.05, 3.63) is 110 Å². The molecule has 9 nitrogen and oxygen atoms in total. The maximum Gasteiger partial charge on any atom is 0.261 e. The number of para-hydroxylation sites is 1. The number of carbonyl (C=O) groups is 2. The first-order valence-corrected chi connectivity index (χ1v) is 17.8. The van der Waals surface area contributed by atoms with E-state index in [1.807, 2.05) is 51.2 Å². The maximum absolute atomic E-state index is 13.2. The Balaban J connectivity index is 1.46. The first-order valence-electron chi connectivity index (χ1n) is 16.3. The van der Waals surface area contributed by atoms with Gasteiger partial charge in [-0.1, -0.05) is 78.5 Å². The third-order valence-corrected chi connectivity index (χ3v) is 9.11. The van der Waals surface area contributed by atoms with Gasteiger partial charge in [0, 0.05) is 59.6 Å². The minimum absolute atomic E-state index is 0.182. The molecule has 4 rings (SSSR count). The molecule has 0 aliphatic carbocycles. The fourth-order valence-corrected chi connectivity index (χ4v) is 6.26. The Morgan fingerprint density at radius 1 is 0.647 bits per heavy atom. The van der Waals surface area contributed by atoms with E-state index >= 15 is 0 Å². The smallest absolute Gasteiger partial charge is 0.261 e. The second-order valence-electron chi connectivity index (χ2n) is 11.6. The minimum Gasteiger partial charge on any atom is -0.496 e. The van der Waals surface area contributed by atoms with Crippen LogP contribution in [0.4, 0.5) is 5.69 Å². The zero-order valence-electron chi connectivity index (χ0n) is 29.0. The molecular formula is C38H41Cl4N3O6. The van der Waals surface area contributed by atoms with E-state index in [9.17, 15) is 9.59 Å². The standard InChI is InChI=1S/C38H41Cl4N3O6/c1-6-31(50-33-14-12-26(39)17-28(33)41)37(46)43-20-23-10-8-9-11-30(23)45(3)22-25-16-24(35(48-4)19-36(25)49-5)21-44-38(47)32(7-2)51-34-15-13-27(40)18-29(34)42/h8-19,31-32H,6-7,20-22H2,1-5H3,(H,43,46)(H,44,47). The molecule has 0 saturated carbocycles. The lowest BCUT2D eigenvalue weighted by Crippen LogP contribution is -2.38. The number of anilines is 1. The number of methoxy groups -OCH3 is 2. The van der Waals surface area contributed by atoms with Gasteiger partial charge in [0.2, 0.25) is 0 Å². The van der Waals surface area contributed by atoms with E-state index in [0.717, 1.165) is 22.4 Å². The van der Waals surface area contributed by atoms with E-state index in [1.165, 1.54) is 0 Å². The number of nitrogens with one attached hydrogen (secondary N) is 2. The number of amides is 2. The number of ether oxygens (including phenoxy) is 4. The summed E-state index contributed by atoms with van der Waals surface area (Å²) in [7, 11) is 5.12. The molecule has 2 unspecified atom stereocenters. The van der Waals surface area contributed by atoms with Crippen molar-refractivity contribution in [1.82, 2.24) is 10.6 Å². The minimum atomic E-state index is -0.773. The molecule has 4 aromatic carbocycles. The summed E-state index contributed by atoms with van der Waals surface area (Å²) in [5.74, 6) is 1.37. The molecule has 2 atom stereocenters. The summed E-state index contributed by atoms with van der Waals surface area (Å²) in [6, 6.07) is 21.3. The van der Waals surface area contributed by atoms with Crippen molar-refractivity contribution in [1.29, 1.82) is 0 Å². The predicted octanol–water partition coefficient (Wildman–Crippen LogP) is 8.90. The molecule has 0 bridgehead atoms. The van der Waals surface area contributed by atoms with Crippen LogP contribution < -0.4 is 34.5 Å². The predicted molar refractivity (Wildman–Crippen MR) is 204 cm³/mol. The number of rotatable bonds is 17. The van der Waals surface area contributed by atoms with Gasteiger partial charge in [0.25, 0.3) is 11.8 Å². The highest BCUT2D eigenvalue weighted by Crippen LogP contribution is 2.33. The Kier molecular flexibility index (Phi) is 14.8. The van der Waals surface area contributed by atoms with E-state index in [-0.39, 0.29) is 24.9 Å². The van der Waals surface area contributed by atoms with Crippen molar-refractivity contribution in [3.63, 3.8) is 0 Å². The molecule has 13 heteroatoms. The molecule has 272 valence electrons. The van der Waals surface area contributed by atoms with E-state index in [4.69, 9.17) is 65.4 Å². The first kappa shape index (κ1) is 39.8. The van der Waals surface area contributed by atoms with Crippen molar-refractivity contribution in [3.8, 4) is 23.0 Å². The number of carbonyl (C=O) groups excluding carboxylic acids is 2. The largest absolute Gasteiger partial charge is 0.496 e. The zero-order chi connectivity index (χ0) is 37.1. The van der Waals surface area contributed by atoms with Crippen LogP contribution in [0.15, 0.2) is 72.8 Å². The lowest BCUT2D eigenvalue weighted by molar-refractivity contribution is -0.129. The molecular weight excluding hydrogens is 736 g/mol. The summed E-state index contributed by atoms with van der Waals surface area (Å²) in [5.41, 5.74) is 3.42. The molecule has 0 aliphatic heterocycles. The first-order chi connectivity index (χ1) is 24.5. The molecule has 4 aromatic rings. The maximum atomic E-state index is 13.2. The SMILES string of the molecule is CCC(Oc1ccc(Cl)cc1Cl)C(=O)NCc1cc(CN(C)c2ccccc2CNC(=O)C(CC)Oc2ccc(Cl)cc2Cl)c(OC)cc1OC. The fraction of sp³-hybridized carbons (Fsp3) is 0.316. The van der Waals surface area contributed by atoms with Crippen LogP contribution in [0.5, 0.6) is 23.0 Å². The van der Waals surface area contributed by atoms with Gasteiger partial charge >= 0.3 is 0 Å². The van der Waals surface area contributed by atoms with Gasteiger partial charge in [0.15, 0.2) is 12.2 Å². The summed E-state index contributed by atoms with van der Waals surface area (Å²) in [6.45, 7) is 4.62. The van der Waals surface area contributed by atoms with Crippen LogP contribution in [0.3, 0.4) is 0 Å². The van der Waals surface area contributed by atoms with Crippen molar-refractivity contribution in [2.24, 2.45) is 0 Å². The Morgan fingerprint density at radius 3 is 1.63 bits per heavy atom. The molecule has 0 radical (unpaired) electrons. The Morgan fingerprint density at radius 2 is 1.14 bits per heavy atom. The Labute approximate surface area is 319 Å². The topological polar surface area (TPSA) is 98.4 Å². The zero-order valence-corrected chi connectivity index (χ0v) is 32.1. The molecule has 0 saturated heterocycles. The monoisotopic (exact) mass is 775 g/mol. The highest BCUT2D eigenvalue weighted by molar-refractivity contribution is 6.36. The van der Waals surface area contributed by atoms with Crippen LogP contribution >= 0.6 is 46.4 Å². The molecule has 2 amide bonds. The van der Waals surface area contributed by atoms with Crippen molar-refractivity contribution >= 4 is 63.9 Å². The molecule has 0 aliphatic rings. The van der Waals surface area contributed by atoms with Gasteiger partial charge in [-0.2, -0.15) is 0 Å². The van der Waals surface area contributed by atoms with E-state index < -0.39 is 12.2 Å². The van der Waals surface area contributed by atoms with Crippen molar-refractivity contribution in [2.75, 3.05) is 26.2 Å². The number of halogens is 4. The van der Waals surface area contributed by atoms with E-state index in [2.05, 4.69) is 15.5 Å². The average molecular weight is 778 g/mol. The quantitative estimate of drug-likeness (QED) is 0.111. The second kappa shape index (κ2) is 19.0. The van der Waals surface area contributed by atoms with Crippen LogP contribution in [-0.4, -0.2) is 45.3 Å². The van der Waals surface area contributed by atoms with E-state index in [1.54, 1.807) is 56.7 Å². The van der Waals surface area contributed by atoms with Crippen LogP contribution in [0.1, 0.15) is 43.4 Å². The molecule has 51 heavy (non-hydrogen) atoms. The highest BCUT2D eigenvalue weighted by atomic mass is 35.5. The van der Waals surface area contributed by atoms with Gasteiger partial charge in [-0.15, -0.1) is 0 Å². The summed E-state index contributed by atoms with van der Waals surface area (Å²) >= 11 is 24.6. The summed E-state index contributed by atoms with van der Waals surface area (Å²) in [6.07, 6.45) is -0.659. The van der Waals surface area contributed by atoms with Crippen molar-refractivity contribution < 1.29 is 28.5 Å². The number of nitrogens with zero attached hydrogens (tertiary/aromatic N) is 1. The Bertz CT molecular complexity index is 1820. The van der Waals surface area contributed by atoms with Gasteiger partial charge in [-0.25, -0.2) is 0 Å². The van der Waals surface area contributed by atoms with Crippen LogP contribution in [0, 0.1) is 0 Å². The third-order valence-electron chi connectivity index (χ3n) is 8.05.